The van der Waals surface area contributed by atoms with Crippen LogP contribution < -0.4 is 4.72 Å². The fourth-order valence-electron chi connectivity index (χ4n) is 2.21. The van der Waals surface area contributed by atoms with Gasteiger partial charge in [0.25, 0.3) is 5.92 Å². The second-order valence-corrected chi connectivity index (χ2v) is 10.7. The first-order valence-corrected chi connectivity index (χ1v) is 9.81. The van der Waals surface area contributed by atoms with Crippen LogP contribution in [0.15, 0.2) is 16.6 Å². The van der Waals surface area contributed by atoms with Crippen molar-refractivity contribution in [3.63, 3.8) is 0 Å². The number of nitrogens with one attached hydrogen (secondary N) is 1. The fourth-order valence-corrected chi connectivity index (χ4v) is 3.64. The second kappa shape index (κ2) is 6.81. The molecule has 0 aliphatic rings. The quantitative estimate of drug-likeness (QED) is 0.512. The van der Waals surface area contributed by atoms with E-state index in [1.165, 1.54) is 34.6 Å². The molecule has 0 bridgehead atoms. The lowest BCUT2D eigenvalue weighted by Gasteiger charge is -2.42. The number of halogens is 5. The lowest BCUT2D eigenvalue weighted by molar-refractivity contribution is -0.116. The highest BCUT2D eigenvalue weighted by molar-refractivity contribution is 9.10. The monoisotopic (exact) mass is 447 g/mol. The minimum Gasteiger partial charge on any atom is -0.212 e. The number of hydrogen-bond donors (Lipinski definition) is 1. The van der Waals surface area contributed by atoms with E-state index in [9.17, 15) is 17.2 Å². The van der Waals surface area contributed by atoms with E-state index in [1.54, 1.807) is 0 Å². The van der Waals surface area contributed by atoms with Crippen molar-refractivity contribution in [3.8, 4) is 0 Å². The number of benzene rings is 1. The molecule has 25 heavy (non-hydrogen) atoms. The molecule has 1 N–H and O–H groups in total. The van der Waals surface area contributed by atoms with Crippen molar-refractivity contribution < 1.29 is 26.0 Å². The summed E-state index contributed by atoms with van der Waals surface area (Å²) in [4.78, 5) is 0. The molecule has 1 aromatic carbocycles. The van der Waals surface area contributed by atoms with Crippen LogP contribution >= 0.6 is 15.9 Å². The molecule has 0 aliphatic carbocycles. The maximum absolute atomic E-state index is 15.0. The third-order valence-electron chi connectivity index (χ3n) is 4.09. The van der Waals surface area contributed by atoms with Gasteiger partial charge in [0.2, 0.25) is 10.0 Å². The van der Waals surface area contributed by atoms with Crippen LogP contribution in [0.3, 0.4) is 0 Å². The maximum Gasteiger partial charge on any atom is 0.273 e. The number of rotatable bonds is 5. The van der Waals surface area contributed by atoms with Crippen LogP contribution in [-0.4, -0.2) is 19.1 Å². The first-order chi connectivity index (χ1) is 11.0. The Hall–Kier alpha value is -0.670. The Kier molecular flexibility index (Phi) is 6.09. The molecule has 0 spiro atoms. The predicted octanol–water partition coefficient (Wildman–Crippen LogP) is 4.95. The van der Waals surface area contributed by atoms with Crippen LogP contribution in [0.4, 0.5) is 17.6 Å². The number of alkyl halides is 2. The molecule has 0 saturated carbocycles. The van der Waals surface area contributed by atoms with Gasteiger partial charge in [-0.05, 0) is 49.7 Å². The summed E-state index contributed by atoms with van der Waals surface area (Å²) in [5.41, 5.74) is -3.26. The smallest absolute Gasteiger partial charge is 0.212 e. The van der Waals surface area contributed by atoms with Gasteiger partial charge in [-0.3, -0.25) is 0 Å². The highest BCUT2D eigenvalue weighted by atomic mass is 79.9. The van der Waals surface area contributed by atoms with Crippen molar-refractivity contribution in [2.75, 3.05) is 0 Å². The summed E-state index contributed by atoms with van der Waals surface area (Å²) < 4.78 is 83.3. The van der Waals surface area contributed by atoms with Crippen molar-refractivity contribution >= 4 is 26.0 Å². The van der Waals surface area contributed by atoms with Gasteiger partial charge in [0, 0.05) is 17.5 Å². The van der Waals surface area contributed by atoms with E-state index in [0.29, 0.717) is 6.07 Å². The van der Waals surface area contributed by atoms with E-state index in [2.05, 4.69) is 15.9 Å². The van der Waals surface area contributed by atoms with Crippen molar-refractivity contribution in [2.24, 2.45) is 5.92 Å². The minimum absolute atomic E-state index is 0.246. The average molecular weight is 448 g/mol. The van der Waals surface area contributed by atoms with Crippen LogP contribution in [0.2, 0.25) is 0 Å². The zero-order chi connectivity index (χ0) is 20.0. The first kappa shape index (κ1) is 22.4. The molecule has 0 radical (unpaired) electrons. The molecule has 3 nitrogen and oxygen atoms in total. The van der Waals surface area contributed by atoms with Gasteiger partial charge in [0.05, 0.1) is 9.22 Å². The Morgan fingerprint density at radius 2 is 1.52 bits per heavy atom. The van der Waals surface area contributed by atoms with Crippen molar-refractivity contribution in [2.45, 2.75) is 57.8 Å². The molecule has 0 heterocycles. The van der Waals surface area contributed by atoms with Crippen LogP contribution in [0, 0.1) is 17.6 Å². The van der Waals surface area contributed by atoms with E-state index in [-0.39, 0.29) is 4.47 Å². The van der Waals surface area contributed by atoms with Crippen molar-refractivity contribution in [1.82, 2.24) is 4.72 Å². The fraction of sp³-hybridized carbons (Fsp3) is 0.625. The molecular weight excluding hydrogens is 426 g/mol. The summed E-state index contributed by atoms with van der Waals surface area (Å²) in [7, 11) is -4.27. The summed E-state index contributed by atoms with van der Waals surface area (Å²) in [6, 6.07) is 1.28. The summed E-state index contributed by atoms with van der Waals surface area (Å²) >= 11 is 2.83. The molecule has 0 aliphatic heterocycles. The number of hydrogen-bond acceptors (Lipinski definition) is 2. The van der Waals surface area contributed by atoms with Crippen LogP contribution in [0.1, 0.15) is 47.1 Å². The SMILES string of the molecule is CC(C)C(F)(F)C(C)(NS(=O)(=O)C(C)(C)C)c1cc(Br)c(F)cc1F. The zero-order valence-corrected chi connectivity index (χ0v) is 17.2. The third kappa shape index (κ3) is 4.03. The highest BCUT2D eigenvalue weighted by Gasteiger charge is 2.57. The van der Waals surface area contributed by atoms with Gasteiger partial charge in [-0.25, -0.2) is 26.0 Å². The van der Waals surface area contributed by atoms with E-state index in [1.807, 2.05) is 4.72 Å². The van der Waals surface area contributed by atoms with Gasteiger partial charge in [0.1, 0.15) is 17.2 Å². The first-order valence-electron chi connectivity index (χ1n) is 7.53. The maximum atomic E-state index is 15.0. The molecule has 1 unspecified atom stereocenters. The molecule has 1 aromatic rings. The van der Waals surface area contributed by atoms with Gasteiger partial charge < -0.3 is 0 Å². The topological polar surface area (TPSA) is 46.2 Å². The Morgan fingerprint density at radius 3 is 1.92 bits per heavy atom. The lowest BCUT2D eigenvalue weighted by atomic mass is 9.80. The van der Waals surface area contributed by atoms with Gasteiger partial charge >= 0.3 is 0 Å². The van der Waals surface area contributed by atoms with E-state index >= 15 is 8.78 Å². The van der Waals surface area contributed by atoms with Crippen LogP contribution in [0.25, 0.3) is 0 Å². The second-order valence-electron chi connectivity index (χ2n) is 7.37. The molecule has 0 fully saturated rings. The largest absolute Gasteiger partial charge is 0.273 e. The van der Waals surface area contributed by atoms with E-state index in [4.69, 9.17) is 0 Å². The lowest BCUT2D eigenvalue weighted by Crippen LogP contribution is -2.60. The standard InChI is InChI=1S/C16H22BrF4NO2S/c1-9(2)16(20,21)15(6,22-25(23,24)14(3,4)5)10-7-11(17)13(19)8-12(10)18/h7-9,22H,1-6H3. The molecule has 0 amide bonds. The average Bonchev–Trinajstić information content (AvgIpc) is 2.40. The highest BCUT2D eigenvalue weighted by Crippen LogP contribution is 2.45. The van der Waals surface area contributed by atoms with E-state index < -0.39 is 49.3 Å². The summed E-state index contributed by atoms with van der Waals surface area (Å²) in [5.74, 6) is -7.22. The molecule has 0 saturated heterocycles. The molecule has 0 aromatic heterocycles. The van der Waals surface area contributed by atoms with Gasteiger partial charge in [-0.2, -0.15) is 4.72 Å². The Morgan fingerprint density at radius 1 is 1.04 bits per heavy atom. The minimum atomic E-state index is -4.27. The van der Waals surface area contributed by atoms with Gasteiger partial charge in [0.15, 0.2) is 0 Å². The molecule has 144 valence electrons. The van der Waals surface area contributed by atoms with Crippen molar-refractivity contribution in [3.05, 3.63) is 33.8 Å². The summed E-state index contributed by atoms with van der Waals surface area (Å²) in [6.07, 6.45) is 0. The van der Waals surface area contributed by atoms with Gasteiger partial charge in [-0.1, -0.05) is 13.8 Å². The Labute approximate surface area is 154 Å². The number of sulfonamides is 1. The van der Waals surface area contributed by atoms with Crippen LogP contribution in [0.5, 0.6) is 0 Å². The molecule has 1 rings (SSSR count). The summed E-state index contributed by atoms with van der Waals surface area (Å²) in [6.45, 7) is 7.29. The summed E-state index contributed by atoms with van der Waals surface area (Å²) in [5, 5.41) is 0. The Bertz CT molecular complexity index is 760. The molecule has 9 heteroatoms. The zero-order valence-electron chi connectivity index (χ0n) is 14.8. The van der Waals surface area contributed by atoms with E-state index in [0.717, 1.165) is 13.0 Å². The third-order valence-corrected chi connectivity index (χ3v) is 6.98. The molecule has 1 atom stereocenters. The van der Waals surface area contributed by atoms with Gasteiger partial charge in [-0.15, -0.1) is 0 Å². The van der Waals surface area contributed by atoms with Crippen LogP contribution in [-0.2, 0) is 15.6 Å². The normalized spacial score (nSPS) is 16.2. The van der Waals surface area contributed by atoms with Crippen molar-refractivity contribution in [1.29, 1.82) is 0 Å². The molecular formula is C16H22BrF4NO2S. The Balaban J connectivity index is 3.76. The predicted molar refractivity (Wildman–Crippen MR) is 93.0 cm³/mol.